The first-order chi connectivity index (χ1) is 9.62. The number of nitrogens with zero attached hydrogens (tertiary/aromatic N) is 2. The summed E-state index contributed by atoms with van der Waals surface area (Å²) >= 11 is 2.96. The van der Waals surface area contributed by atoms with Gasteiger partial charge in [-0.3, -0.25) is 0 Å². The van der Waals surface area contributed by atoms with E-state index in [9.17, 15) is 17.6 Å². The van der Waals surface area contributed by atoms with E-state index in [0.29, 0.717) is 0 Å². The van der Waals surface area contributed by atoms with E-state index in [-0.39, 0.29) is 10.9 Å². The van der Waals surface area contributed by atoms with Crippen molar-refractivity contribution >= 4 is 31.9 Å². The molecule has 0 saturated carbocycles. The summed E-state index contributed by atoms with van der Waals surface area (Å²) in [4.78, 5) is 10.2. The average molecular weight is 379 g/mol. The van der Waals surface area contributed by atoms with Gasteiger partial charge in [-0.2, -0.15) is 9.57 Å². The average Bonchev–Trinajstić information content (AvgIpc) is 2.39. The van der Waals surface area contributed by atoms with Gasteiger partial charge in [0, 0.05) is 17.6 Å². The summed E-state index contributed by atoms with van der Waals surface area (Å²) in [5, 5.41) is 17.5. The minimum Gasteiger partial charge on any atom is -0.478 e. The van der Waals surface area contributed by atoms with Gasteiger partial charge in [0.2, 0.25) is 10.0 Å². The predicted octanol–water partition coefficient (Wildman–Crippen LogP) is 2.21. The van der Waals surface area contributed by atoms with Crippen molar-refractivity contribution in [2.75, 3.05) is 7.05 Å². The molecule has 0 aromatic heterocycles. The van der Waals surface area contributed by atoms with Crippen molar-refractivity contribution in [2.45, 2.75) is 24.3 Å². The van der Waals surface area contributed by atoms with Crippen LogP contribution in [0.1, 0.15) is 23.7 Å². The predicted molar refractivity (Wildman–Crippen MR) is 75.7 cm³/mol. The number of hydrogen-bond donors (Lipinski definition) is 1. The van der Waals surface area contributed by atoms with Crippen LogP contribution in [-0.4, -0.2) is 36.9 Å². The Hall–Kier alpha value is -1.50. The minimum atomic E-state index is -4.26. The van der Waals surface area contributed by atoms with Crippen molar-refractivity contribution in [2.24, 2.45) is 0 Å². The lowest BCUT2D eigenvalue weighted by Crippen LogP contribution is -2.35. The van der Waals surface area contributed by atoms with Gasteiger partial charge in [-0.15, -0.1) is 0 Å². The van der Waals surface area contributed by atoms with Gasteiger partial charge >= 0.3 is 5.97 Å². The molecule has 0 aliphatic rings. The molecule has 114 valence electrons. The zero-order valence-corrected chi connectivity index (χ0v) is 13.6. The summed E-state index contributed by atoms with van der Waals surface area (Å²) in [7, 11) is -3.05. The molecule has 0 spiro atoms. The Morgan fingerprint density at radius 3 is 2.62 bits per heavy atom. The summed E-state index contributed by atoms with van der Waals surface area (Å²) in [6.45, 7) is 1.49. The normalized spacial score (nSPS) is 13.0. The summed E-state index contributed by atoms with van der Waals surface area (Å²) in [6.07, 6.45) is -0.0723. The molecule has 1 N–H and O–H groups in total. The van der Waals surface area contributed by atoms with E-state index >= 15 is 0 Å². The minimum absolute atomic E-state index is 0.0723. The van der Waals surface area contributed by atoms with Crippen LogP contribution in [0.25, 0.3) is 0 Å². The second-order valence-corrected chi connectivity index (χ2v) is 7.18. The number of aromatic carboxylic acids is 1. The van der Waals surface area contributed by atoms with Crippen LogP contribution in [-0.2, 0) is 10.0 Å². The molecular formula is C12H12BrFN2O4S. The van der Waals surface area contributed by atoms with Crippen LogP contribution in [0.2, 0.25) is 0 Å². The molecule has 1 unspecified atom stereocenters. The van der Waals surface area contributed by atoms with Gasteiger partial charge in [0.15, 0.2) is 5.82 Å². The van der Waals surface area contributed by atoms with Gasteiger partial charge in [0.25, 0.3) is 0 Å². The number of rotatable bonds is 5. The lowest BCUT2D eigenvalue weighted by molar-refractivity contribution is 0.0691. The lowest BCUT2D eigenvalue weighted by Gasteiger charge is -2.23. The highest BCUT2D eigenvalue weighted by molar-refractivity contribution is 9.10. The number of halogens is 2. The van der Waals surface area contributed by atoms with Crippen molar-refractivity contribution in [3.05, 3.63) is 28.0 Å². The van der Waals surface area contributed by atoms with Crippen LogP contribution in [0.4, 0.5) is 4.39 Å². The standard InChI is InChI=1S/C12H12BrFN2O4S/c1-7(3-4-15)16(2)21(19,20)10-6-8(13)5-9(11(10)14)12(17)18/h5-7H,3H2,1-2H3,(H,17,18). The highest BCUT2D eigenvalue weighted by Crippen LogP contribution is 2.27. The number of nitriles is 1. The van der Waals surface area contributed by atoms with Crippen molar-refractivity contribution < 1.29 is 22.7 Å². The van der Waals surface area contributed by atoms with E-state index in [1.165, 1.54) is 14.0 Å². The molecule has 21 heavy (non-hydrogen) atoms. The Kier molecular flexibility index (Phi) is 5.44. The van der Waals surface area contributed by atoms with Crippen LogP contribution in [0, 0.1) is 17.1 Å². The van der Waals surface area contributed by atoms with Gasteiger partial charge in [-0.25, -0.2) is 17.6 Å². The zero-order valence-electron chi connectivity index (χ0n) is 11.2. The molecule has 0 fully saturated rings. The number of benzene rings is 1. The number of sulfonamides is 1. The molecule has 1 aromatic carbocycles. The molecule has 0 aliphatic carbocycles. The van der Waals surface area contributed by atoms with Crippen molar-refractivity contribution in [3.8, 4) is 6.07 Å². The fourth-order valence-corrected chi connectivity index (χ4v) is 3.64. The van der Waals surface area contributed by atoms with E-state index in [1.807, 2.05) is 6.07 Å². The highest BCUT2D eigenvalue weighted by atomic mass is 79.9. The molecule has 0 radical (unpaired) electrons. The van der Waals surface area contributed by atoms with Crippen molar-refractivity contribution in [1.29, 1.82) is 5.26 Å². The maximum absolute atomic E-state index is 14.1. The van der Waals surface area contributed by atoms with Gasteiger partial charge in [-0.1, -0.05) is 15.9 Å². The summed E-state index contributed by atoms with van der Waals surface area (Å²) in [6, 6.07) is 3.12. The van der Waals surface area contributed by atoms with Crippen LogP contribution >= 0.6 is 15.9 Å². The number of carbonyl (C=O) groups is 1. The summed E-state index contributed by atoms with van der Waals surface area (Å²) in [5.74, 6) is -2.90. The fourth-order valence-electron chi connectivity index (χ4n) is 1.56. The van der Waals surface area contributed by atoms with E-state index < -0.39 is 38.3 Å². The van der Waals surface area contributed by atoms with Gasteiger partial charge in [0.1, 0.15) is 4.90 Å². The second kappa shape index (κ2) is 6.51. The Balaban J connectivity index is 3.46. The molecule has 1 rings (SSSR count). The molecule has 0 saturated heterocycles. The van der Waals surface area contributed by atoms with Crippen LogP contribution in [0.3, 0.4) is 0 Å². The molecule has 1 atom stereocenters. The second-order valence-electron chi connectivity index (χ2n) is 4.30. The molecule has 9 heteroatoms. The lowest BCUT2D eigenvalue weighted by atomic mass is 10.2. The quantitative estimate of drug-likeness (QED) is 0.846. The molecular weight excluding hydrogens is 367 g/mol. The summed E-state index contributed by atoms with van der Waals surface area (Å²) < 4.78 is 39.8. The third-order valence-corrected chi connectivity index (χ3v) is 5.33. The smallest absolute Gasteiger partial charge is 0.338 e. The van der Waals surface area contributed by atoms with Gasteiger partial charge < -0.3 is 5.11 Å². The molecule has 0 aliphatic heterocycles. The first kappa shape index (κ1) is 17.6. The van der Waals surface area contributed by atoms with E-state index in [0.717, 1.165) is 16.4 Å². The SMILES string of the molecule is CC(CC#N)N(C)S(=O)(=O)c1cc(Br)cc(C(=O)O)c1F. The molecule has 1 aromatic rings. The third kappa shape index (κ3) is 3.58. The highest BCUT2D eigenvalue weighted by Gasteiger charge is 2.31. The molecule has 0 amide bonds. The third-order valence-electron chi connectivity index (χ3n) is 2.90. The number of hydrogen-bond acceptors (Lipinski definition) is 4. The van der Waals surface area contributed by atoms with E-state index in [4.69, 9.17) is 10.4 Å². The first-order valence-electron chi connectivity index (χ1n) is 5.70. The number of carboxylic acids is 1. The topological polar surface area (TPSA) is 98.5 Å². The van der Waals surface area contributed by atoms with Crippen LogP contribution < -0.4 is 0 Å². The first-order valence-corrected chi connectivity index (χ1v) is 7.93. The Bertz CT molecular complexity index is 715. The maximum atomic E-state index is 14.1. The Labute approximate surface area is 130 Å². The maximum Gasteiger partial charge on any atom is 0.338 e. The van der Waals surface area contributed by atoms with E-state index in [2.05, 4.69) is 15.9 Å². The molecule has 0 bridgehead atoms. The van der Waals surface area contributed by atoms with Crippen LogP contribution in [0.15, 0.2) is 21.5 Å². The van der Waals surface area contributed by atoms with Gasteiger partial charge in [-0.05, 0) is 19.1 Å². The fraction of sp³-hybridized carbons (Fsp3) is 0.333. The van der Waals surface area contributed by atoms with Crippen molar-refractivity contribution in [3.63, 3.8) is 0 Å². The van der Waals surface area contributed by atoms with Crippen molar-refractivity contribution in [1.82, 2.24) is 4.31 Å². The molecule has 0 heterocycles. The van der Waals surface area contributed by atoms with Gasteiger partial charge in [0.05, 0.1) is 18.1 Å². The summed E-state index contributed by atoms with van der Waals surface area (Å²) in [5.41, 5.74) is -0.746. The Morgan fingerprint density at radius 2 is 2.14 bits per heavy atom. The number of carboxylic acid groups (broad SMARTS) is 1. The van der Waals surface area contributed by atoms with E-state index in [1.54, 1.807) is 0 Å². The largest absolute Gasteiger partial charge is 0.478 e. The molecule has 6 nitrogen and oxygen atoms in total. The Morgan fingerprint density at radius 1 is 1.57 bits per heavy atom. The monoisotopic (exact) mass is 378 g/mol. The van der Waals surface area contributed by atoms with Crippen LogP contribution in [0.5, 0.6) is 0 Å². The zero-order chi connectivity index (χ0) is 16.4.